The zero-order valence-corrected chi connectivity index (χ0v) is 12.2. The molecule has 0 aromatic heterocycles. The zero-order valence-electron chi connectivity index (χ0n) is 12.2. The molecule has 2 nitrogen and oxygen atoms in total. The van der Waals surface area contributed by atoms with Crippen LogP contribution in [0.3, 0.4) is 0 Å². The minimum atomic E-state index is 0.336. The van der Waals surface area contributed by atoms with Gasteiger partial charge in [0.15, 0.2) is 0 Å². The first-order chi connectivity index (χ1) is 8.61. The van der Waals surface area contributed by atoms with Gasteiger partial charge in [0.2, 0.25) is 0 Å². The molecule has 0 radical (unpaired) electrons. The lowest BCUT2D eigenvalue weighted by atomic mass is 10.1. The van der Waals surface area contributed by atoms with Crippen LogP contribution < -0.4 is 5.32 Å². The van der Waals surface area contributed by atoms with E-state index in [4.69, 9.17) is 4.74 Å². The van der Waals surface area contributed by atoms with E-state index in [2.05, 4.69) is 57.3 Å². The van der Waals surface area contributed by atoms with Crippen LogP contribution in [-0.2, 0) is 17.9 Å². The summed E-state index contributed by atoms with van der Waals surface area (Å²) in [6, 6.07) is 8.63. The van der Waals surface area contributed by atoms with E-state index >= 15 is 0 Å². The van der Waals surface area contributed by atoms with E-state index in [0.29, 0.717) is 18.6 Å². The van der Waals surface area contributed by atoms with Gasteiger partial charge in [-0.15, -0.1) is 0 Å². The second-order valence-corrected chi connectivity index (χ2v) is 5.35. The fourth-order valence-electron chi connectivity index (χ4n) is 2.07. The Morgan fingerprint density at radius 3 is 2.56 bits per heavy atom. The predicted octanol–water partition coefficient (Wildman–Crippen LogP) is 3.75. The Balaban J connectivity index is 2.41. The summed E-state index contributed by atoms with van der Waals surface area (Å²) >= 11 is 0. The second-order valence-electron chi connectivity index (χ2n) is 5.35. The summed E-state index contributed by atoms with van der Waals surface area (Å²) in [5.74, 6) is 0.695. The summed E-state index contributed by atoms with van der Waals surface area (Å²) in [5, 5.41) is 3.34. The number of hydrogen-bond donors (Lipinski definition) is 1. The van der Waals surface area contributed by atoms with E-state index in [1.165, 1.54) is 11.1 Å². The molecule has 102 valence electrons. The van der Waals surface area contributed by atoms with E-state index in [9.17, 15) is 0 Å². The minimum absolute atomic E-state index is 0.336. The normalized spacial score (nSPS) is 12.9. The van der Waals surface area contributed by atoms with E-state index in [0.717, 1.165) is 19.5 Å². The van der Waals surface area contributed by atoms with Crippen LogP contribution in [-0.4, -0.2) is 12.6 Å². The molecule has 18 heavy (non-hydrogen) atoms. The third-order valence-electron chi connectivity index (χ3n) is 2.91. The van der Waals surface area contributed by atoms with Crippen LogP contribution in [0.4, 0.5) is 0 Å². The first-order valence-electron chi connectivity index (χ1n) is 7.02. The van der Waals surface area contributed by atoms with Crippen LogP contribution in [0.15, 0.2) is 24.3 Å². The quantitative estimate of drug-likeness (QED) is 0.757. The molecule has 0 aliphatic rings. The number of rotatable bonds is 8. The topological polar surface area (TPSA) is 21.3 Å². The molecule has 0 aliphatic heterocycles. The molecule has 2 heteroatoms. The Kier molecular flexibility index (Phi) is 6.99. The van der Waals surface area contributed by atoms with Crippen LogP contribution >= 0.6 is 0 Å². The largest absolute Gasteiger partial charge is 0.374 e. The average molecular weight is 249 g/mol. The monoisotopic (exact) mass is 249 g/mol. The van der Waals surface area contributed by atoms with Crippen molar-refractivity contribution in [2.75, 3.05) is 6.54 Å². The summed E-state index contributed by atoms with van der Waals surface area (Å²) in [7, 11) is 0. The van der Waals surface area contributed by atoms with Gasteiger partial charge in [0.1, 0.15) is 0 Å². The first kappa shape index (κ1) is 15.2. The molecule has 1 rings (SSSR count). The molecule has 0 bridgehead atoms. The smallest absolute Gasteiger partial charge is 0.0720 e. The van der Waals surface area contributed by atoms with Crippen molar-refractivity contribution in [3.8, 4) is 0 Å². The molecule has 1 aromatic carbocycles. The highest BCUT2D eigenvalue weighted by molar-refractivity contribution is 5.22. The fraction of sp³-hybridized carbons (Fsp3) is 0.625. The summed E-state index contributed by atoms with van der Waals surface area (Å²) < 4.78 is 5.88. The average Bonchev–Trinajstić information content (AvgIpc) is 2.33. The summed E-state index contributed by atoms with van der Waals surface area (Å²) in [6.45, 7) is 11.4. The molecule has 0 saturated carbocycles. The van der Waals surface area contributed by atoms with Crippen molar-refractivity contribution in [1.29, 1.82) is 0 Å². The van der Waals surface area contributed by atoms with Gasteiger partial charge in [0, 0.05) is 6.54 Å². The maximum Gasteiger partial charge on any atom is 0.0720 e. The Labute approximate surface area is 112 Å². The van der Waals surface area contributed by atoms with Crippen LogP contribution in [0.5, 0.6) is 0 Å². The van der Waals surface area contributed by atoms with Gasteiger partial charge < -0.3 is 10.1 Å². The van der Waals surface area contributed by atoms with Crippen LogP contribution in [0.2, 0.25) is 0 Å². The fourth-order valence-corrected chi connectivity index (χ4v) is 2.07. The van der Waals surface area contributed by atoms with Gasteiger partial charge in [-0.2, -0.15) is 0 Å². The van der Waals surface area contributed by atoms with E-state index < -0.39 is 0 Å². The number of benzene rings is 1. The number of hydrogen-bond acceptors (Lipinski definition) is 2. The van der Waals surface area contributed by atoms with Crippen molar-refractivity contribution in [2.45, 2.75) is 53.4 Å². The summed E-state index contributed by atoms with van der Waals surface area (Å²) in [5.41, 5.74) is 2.59. The van der Waals surface area contributed by atoms with Gasteiger partial charge in [-0.25, -0.2) is 0 Å². The molecule has 0 fully saturated rings. The van der Waals surface area contributed by atoms with E-state index in [1.54, 1.807) is 0 Å². The molecule has 1 aromatic rings. The molecular weight excluding hydrogens is 222 g/mol. The molecule has 0 amide bonds. The standard InChI is InChI=1S/C16H27NO/c1-5-17-11-15-7-6-8-16(10-15)12-18-14(4)9-13(2)3/h6-8,10,13-14,17H,5,9,11-12H2,1-4H3. The van der Waals surface area contributed by atoms with Gasteiger partial charge in [-0.1, -0.05) is 45.0 Å². The van der Waals surface area contributed by atoms with Crippen molar-refractivity contribution in [1.82, 2.24) is 5.32 Å². The Bertz CT molecular complexity index is 336. The molecule has 1 atom stereocenters. The van der Waals surface area contributed by atoms with Crippen molar-refractivity contribution < 1.29 is 4.74 Å². The zero-order chi connectivity index (χ0) is 13.4. The first-order valence-corrected chi connectivity index (χ1v) is 7.02. The molecule has 0 saturated heterocycles. The van der Waals surface area contributed by atoms with Crippen LogP contribution in [0.25, 0.3) is 0 Å². The SMILES string of the molecule is CCNCc1cccc(COC(C)CC(C)C)c1. The Morgan fingerprint density at radius 2 is 1.89 bits per heavy atom. The molecule has 0 aliphatic carbocycles. The van der Waals surface area contributed by atoms with Gasteiger partial charge in [0.25, 0.3) is 0 Å². The molecule has 0 heterocycles. The molecular formula is C16H27NO. The maximum absolute atomic E-state index is 5.88. The van der Waals surface area contributed by atoms with E-state index in [-0.39, 0.29) is 0 Å². The van der Waals surface area contributed by atoms with Crippen molar-refractivity contribution in [3.63, 3.8) is 0 Å². The van der Waals surface area contributed by atoms with E-state index in [1.807, 2.05) is 0 Å². The van der Waals surface area contributed by atoms with Crippen molar-refractivity contribution in [3.05, 3.63) is 35.4 Å². The third kappa shape index (κ3) is 6.18. The summed E-state index contributed by atoms with van der Waals surface area (Å²) in [6.07, 6.45) is 1.46. The lowest BCUT2D eigenvalue weighted by Gasteiger charge is -2.15. The maximum atomic E-state index is 5.88. The van der Waals surface area contributed by atoms with Crippen molar-refractivity contribution >= 4 is 0 Å². The number of nitrogens with one attached hydrogen (secondary N) is 1. The highest BCUT2D eigenvalue weighted by Crippen LogP contribution is 2.12. The van der Waals surface area contributed by atoms with Crippen LogP contribution in [0, 0.1) is 5.92 Å². The molecule has 1 unspecified atom stereocenters. The molecule has 1 N–H and O–H groups in total. The van der Waals surface area contributed by atoms with Gasteiger partial charge >= 0.3 is 0 Å². The van der Waals surface area contributed by atoms with Crippen LogP contribution in [0.1, 0.15) is 45.2 Å². The highest BCUT2D eigenvalue weighted by Gasteiger charge is 2.05. The molecule has 0 spiro atoms. The minimum Gasteiger partial charge on any atom is -0.374 e. The summed E-state index contributed by atoms with van der Waals surface area (Å²) in [4.78, 5) is 0. The predicted molar refractivity (Wildman–Crippen MR) is 77.5 cm³/mol. The Morgan fingerprint density at radius 1 is 1.17 bits per heavy atom. The lowest BCUT2D eigenvalue weighted by Crippen LogP contribution is -2.13. The third-order valence-corrected chi connectivity index (χ3v) is 2.91. The Hall–Kier alpha value is -0.860. The van der Waals surface area contributed by atoms with Gasteiger partial charge in [0.05, 0.1) is 12.7 Å². The van der Waals surface area contributed by atoms with Crippen molar-refractivity contribution in [2.24, 2.45) is 5.92 Å². The number of ether oxygens (including phenoxy) is 1. The second kappa shape index (κ2) is 8.28. The van der Waals surface area contributed by atoms with Gasteiger partial charge in [-0.3, -0.25) is 0 Å². The van der Waals surface area contributed by atoms with Gasteiger partial charge in [-0.05, 0) is 36.9 Å². The highest BCUT2D eigenvalue weighted by atomic mass is 16.5. The lowest BCUT2D eigenvalue weighted by molar-refractivity contribution is 0.0397.